The topological polar surface area (TPSA) is 49.4 Å². The van der Waals surface area contributed by atoms with Crippen LogP contribution >= 0.6 is 24.2 Å². The van der Waals surface area contributed by atoms with Crippen molar-refractivity contribution < 1.29 is 9.59 Å². The Labute approximate surface area is 136 Å². The largest absolute Gasteiger partial charge is 0.341 e. The SMILES string of the molecule is CN(C(=O)CSCC(=O)c1ccccc1)C1CCNC1.Cl. The van der Waals surface area contributed by atoms with Gasteiger partial charge in [-0.15, -0.1) is 24.2 Å². The molecule has 1 aromatic rings. The highest BCUT2D eigenvalue weighted by molar-refractivity contribution is 8.00. The number of Topliss-reactive ketones (excluding diaryl/α,β-unsaturated/α-hetero) is 1. The molecule has 0 bridgehead atoms. The van der Waals surface area contributed by atoms with Gasteiger partial charge in [0.25, 0.3) is 0 Å². The van der Waals surface area contributed by atoms with Crippen molar-refractivity contribution in [3.05, 3.63) is 35.9 Å². The number of carbonyl (C=O) groups is 2. The summed E-state index contributed by atoms with van der Waals surface area (Å²) < 4.78 is 0. The van der Waals surface area contributed by atoms with Crippen LogP contribution in [0.4, 0.5) is 0 Å². The maximum atomic E-state index is 12.0. The zero-order valence-corrected chi connectivity index (χ0v) is 13.7. The van der Waals surface area contributed by atoms with Crippen molar-refractivity contribution in [1.82, 2.24) is 10.2 Å². The van der Waals surface area contributed by atoms with Crippen LogP contribution in [0, 0.1) is 0 Å². The third-order valence-electron chi connectivity index (χ3n) is 3.53. The molecule has 1 saturated heterocycles. The highest BCUT2D eigenvalue weighted by Gasteiger charge is 2.22. The first kappa shape index (κ1) is 18.0. The molecule has 1 N–H and O–H groups in total. The molecule has 6 heteroatoms. The van der Waals surface area contributed by atoms with Crippen LogP contribution in [0.5, 0.6) is 0 Å². The van der Waals surface area contributed by atoms with E-state index < -0.39 is 0 Å². The number of nitrogens with zero attached hydrogens (tertiary/aromatic N) is 1. The second kappa shape index (κ2) is 9.07. The van der Waals surface area contributed by atoms with Crippen LogP contribution in [-0.4, -0.2) is 54.3 Å². The molecule has 0 spiro atoms. The number of halogens is 1. The predicted molar refractivity (Wildman–Crippen MR) is 89.4 cm³/mol. The number of rotatable bonds is 6. The Morgan fingerprint density at radius 1 is 1.29 bits per heavy atom. The Hall–Kier alpha value is -1.04. The summed E-state index contributed by atoms with van der Waals surface area (Å²) in [6.07, 6.45) is 1.01. The summed E-state index contributed by atoms with van der Waals surface area (Å²) >= 11 is 1.39. The molecule has 0 saturated carbocycles. The smallest absolute Gasteiger partial charge is 0.232 e. The van der Waals surface area contributed by atoms with Crippen molar-refractivity contribution >= 4 is 35.9 Å². The van der Waals surface area contributed by atoms with E-state index >= 15 is 0 Å². The summed E-state index contributed by atoms with van der Waals surface area (Å²) in [5.74, 6) is 0.899. The third kappa shape index (κ3) is 5.34. The Morgan fingerprint density at radius 2 is 2.00 bits per heavy atom. The van der Waals surface area contributed by atoms with Gasteiger partial charge in [-0.1, -0.05) is 30.3 Å². The number of hydrogen-bond donors (Lipinski definition) is 1. The van der Waals surface area contributed by atoms with Gasteiger partial charge in [0.05, 0.1) is 11.5 Å². The van der Waals surface area contributed by atoms with E-state index in [1.54, 1.807) is 17.0 Å². The molecule has 1 aromatic carbocycles. The van der Waals surface area contributed by atoms with Crippen LogP contribution in [0.25, 0.3) is 0 Å². The summed E-state index contributed by atoms with van der Waals surface area (Å²) in [5, 5.41) is 3.25. The molecule has 1 aliphatic heterocycles. The first-order chi connectivity index (χ1) is 9.68. The van der Waals surface area contributed by atoms with Crippen molar-refractivity contribution in [3.63, 3.8) is 0 Å². The molecule has 1 atom stereocenters. The van der Waals surface area contributed by atoms with Crippen LogP contribution in [0.3, 0.4) is 0 Å². The fourth-order valence-corrected chi connectivity index (χ4v) is 3.05. The average molecular weight is 329 g/mol. The minimum Gasteiger partial charge on any atom is -0.341 e. The van der Waals surface area contributed by atoms with Gasteiger partial charge in [0.2, 0.25) is 5.91 Å². The van der Waals surface area contributed by atoms with Crippen LogP contribution in [-0.2, 0) is 4.79 Å². The van der Waals surface area contributed by atoms with Crippen LogP contribution in [0.1, 0.15) is 16.8 Å². The Bertz CT molecular complexity index is 464. The van der Waals surface area contributed by atoms with Gasteiger partial charge in [-0.05, 0) is 13.0 Å². The van der Waals surface area contributed by atoms with Gasteiger partial charge in [0.1, 0.15) is 0 Å². The maximum absolute atomic E-state index is 12.0. The van der Waals surface area contributed by atoms with Crippen molar-refractivity contribution in [2.75, 3.05) is 31.6 Å². The molecule has 1 heterocycles. The van der Waals surface area contributed by atoms with Gasteiger partial charge in [0, 0.05) is 25.2 Å². The van der Waals surface area contributed by atoms with E-state index in [0.717, 1.165) is 19.5 Å². The zero-order chi connectivity index (χ0) is 14.4. The first-order valence-corrected chi connectivity index (χ1v) is 7.96. The second-order valence-corrected chi connectivity index (χ2v) is 5.92. The first-order valence-electron chi connectivity index (χ1n) is 6.81. The van der Waals surface area contributed by atoms with Crippen LogP contribution < -0.4 is 5.32 Å². The highest BCUT2D eigenvalue weighted by atomic mass is 35.5. The van der Waals surface area contributed by atoms with Crippen LogP contribution in [0.15, 0.2) is 30.3 Å². The van der Waals surface area contributed by atoms with E-state index in [1.165, 1.54) is 11.8 Å². The molecule has 21 heavy (non-hydrogen) atoms. The number of ketones is 1. The molecule has 4 nitrogen and oxygen atoms in total. The Kier molecular flexibility index (Phi) is 7.78. The molecular formula is C15H21ClN2O2S. The molecule has 0 radical (unpaired) electrons. The lowest BCUT2D eigenvalue weighted by molar-refractivity contribution is -0.128. The van der Waals surface area contributed by atoms with E-state index in [4.69, 9.17) is 0 Å². The normalized spacial score (nSPS) is 17.1. The standard InChI is InChI=1S/C15H20N2O2S.ClH/c1-17(13-7-8-16-9-13)15(19)11-20-10-14(18)12-5-3-2-4-6-12;/h2-6,13,16H,7-11H2,1H3;1H. The summed E-state index contributed by atoms with van der Waals surface area (Å²) in [7, 11) is 1.85. The number of amides is 1. The van der Waals surface area contributed by atoms with Gasteiger partial charge in [-0.3, -0.25) is 9.59 Å². The number of nitrogens with one attached hydrogen (secondary N) is 1. The molecular weight excluding hydrogens is 308 g/mol. The van der Waals surface area contributed by atoms with E-state index in [9.17, 15) is 9.59 Å². The van der Waals surface area contributed by atoms with Crippen molar-refractivity contribution in [2.24, 2.45) is 0 Å². The molecule has 0 aliphatic carbocycles. The van der Waals surface area contributed by atoms with Gasteiger partial charge in [-0.25, -0.2) is 0 Å². The fraction of sp³-hybridized carbons (Fsp3) is 0.467. The Morgan fingerprint density at radius 3 is 2.62 bits per heavy atom. The van der Waals surface area contributed by atoms with E-state index in [2.05, 4.69) is 5.32 Å². The van der Waals surface area contributed by atoms with Crippen LogP contribution in [0.2, 0.25) is 0 Å². The lowest BCUT2D eigenvalue weighted by atomic mass is 10.2. The molecule has 1 unspecified atom stereocenters. The minimum atomic E-state index is 0. The number of likely N-dealkylation sites (N-methyl/N-ethyl adjacent to an activating group) is 1. The lowest BCUT2D eigenvalue weighted by Crippen LogP contribution is -2.39. The van der Waals surface area contributed by atoms with E-state index in [1.807, 2.05) is 25.2 Å². The minimum absolute atomic E-state index is 0. The summed E-state index contributed by atoms with van der Waals surface area (Å²) in [5.41, 5.74) is 0.709. The second-order valence-electron chi connectivity index (χ2n) is 4.93. The monoisotopic (exact) mass is 328 g/mol. The Balaban J connectivity index is 0.00000220. The average Bonchev–Trinajstić information content (AvgIpc) is 3.01. The molecule has 1 fully saturated rings. The number of carbonyl (C=O) groups excluding carboxylic acids is 2. The maximum Gasteiger partial charge on any atom is 0.232 e. The molecule has 1 aliphatic rings. The summed E-state index contributed by atoms with van der Waals surface area (Å²) in [6.45, 7) is 1.85. The van der Waals surface area contributed by atoms with Crippen molar-refractivity contribution in [3.8, 4) is 0 Å². The molecule has 116 valence electrons. The zero-order valence-electron chi connectivity index (χ0n) is 12.1. The number of thioether (sulfide) groups is 1. The third-order valence-corrected chi connectivity index (χ3v) is 4.45. The van der Waals surface area contributed by atoms with Gasteiger partial charge >= 0.3 is 0 Å². The van der Waals surface area contributed by atoms with Gasteiger partial charge in [0.15, 0.2) is 5.78 Å². The van der Waals surface area contributed by atoms with Crippen molar-refractivity contribution in [1.29, 1.82) is 0 Å². The predicted octanol–water partition coefficient (Wildman–Crippen LogP) is 1.84. The van der Waals surface area contributed by atoms with Gasteiger partial charge < -0.3 is 10.2 Å². The molecule has 1 amide bonds. The summed E-state index contributed by atoms with van der Waals surface area (Å²) in [4.78, 5) is 25.7. The number of hydrogen-bond acceptors (Lipinski definition) is 4. The quantitative estimate of drug-likeness (QED) is 0.810. The molecule has 0 aromatic heterocycles. The van der Waals surface area contributed by atoms with Crippen molar-refractivity contribution in [2.45, 2.75) is 12.5 Å². The van der Waals surface area contributed by atoms with E-state index in [0.29, 0.717) is 23.1 Å². The highest BCUT2D eigenvalue weighted by Crippen LogP contribution is 2.11. The molecule has 2 rings (SSSR count). The van der Waals surface area contributed by atoms with E-state index in [-0.39, 0.29) is 24.1 Å². The summed E-state index contributed by atoms with van der Waals surface area (Å²) in [6, 6.07) is 9.50. The fourth-order valence-electron chi connectivity index (χ4n) is 2.21. The van der Waals surface area contributed by atoms with Gasteiger partial charge in [-0.2, -0.15) is 0 Å². The number of benzene rings is 1. The lowest BCUT2D eigenvalue weighted by Gasteiger charge is -2.23.